The van der Waals surface area contributed by atoms with Crippen LogP contribution in [0.1, 0.15) is 0 Å². The van der Waals surface area contributed by atoms with Crippen molar-refractivity contribution in [2.45, 2.75) is 0 Å². The molecule has 1 saturated heterocycles. The van der Waals surface area contributed by atoms with Crippen LogP contribution in [0.2, 0.25) is 0 Å². The molecule has 1 aromatic heterocycles. The maximum Gasteiger partial charge on any atom is 0.147 e. The SMILES string of the molecule is O=S([O-])CN1CCN(c2cnc3ccc(-c4ccc(O)cc4)cc3n2)CC1. The summed E-state index contributed by atoms with van der Waals surface area (Å²) in [5.74, 6) is 1.11. The van der Waals surface area contributed by atoms with Gasteiger partial charge in [0.05, 0.1) is 23.1 Å². The smallest absolute Gasteiger partial charge is 0.147 e. The standard InChI is InChI=1S/C19H20N4O3S/c24-16-4-1-14(2-5-16)15-3-6-17-18(11-15)21-19(12-20-17)23-9-7-22(8-10-23)13-27(25)26/h1-6,11-12,24H,7-10,13H2,(H,25,26)/p-1. The molecule has 0 radical (unpaired) electrons. The van der Waals surface area contributed by atoms with Gasteiger partial charge in [-0.05, 0) is 46.5 Å². The molecule has 1 aliphatic rings. The molecule has 1 N–H and O–H groups in total. The molecule has 0 spiro atoms. The molecule has 8 heteroatoms. The lowest BCUT2D eigenvalue weighted by atomic mass is 10.0. The molecule has 2 heterocycles. The number of anilines is 1. The fourth-order valence-corrected chi connectivity index (χ4v) is 3.80. The summed E-state index contributed by atoms with van der Waals surface area (Å²) in [5.41, 5.74) is 3.64. The van der Waals surface area contributed by atoms with Gasteiger partial charge >= 0.3 is 0 Å². The average Bonchev–Trinajstić information content (AvgIpc) is 2.68. The molecule has 0 bridgehead atoms. The number of nitrogens with zero attached hydrogens (tertiary/aromatic N) is 4. The van der Waals surface area contributed by atoms with Crippen molar-refractivity contribution in [3.8, 4) is 16.9 Å². The van der Waals surface area contributed by atoms with Gasteiger partial charge in [0.2, 0.25) is 0 Å². The van der Waals surface area contributed by atoms with Crippen molar-refractivity contribution in [3.63, 3.8) is 0 Å². The molecule has 1 aliphatic heterocycles. The highest BCUT2D eigenvalue weighted by Crippen LogP contribution is 2.25. The Labute approximate surface area is 159 Å². The minimum absolute atomic E-state index is 0.0766. The van der Waals surface area contributed by atoms with E-state index < -0.39 is 11.1 Å². The maximum absolute atomic E-state index is 10.8. The van der Waals surface area contributed by atoms with Crippen LogP contribution in [0.3, 0.4) is 0 Å². The Morgan fingerprint density at radius 3 is 2.41 bits per heavy atom. The summed E-state index contributed by atoms with van der Waals surface area (Å²) in [6, 6.07) is 13.0. The van der Waals surface area contributed by atoms with E-state index in [1.54, 1.807) is 18.3 Å². The van der Waals surface area contributed by atoms with E-state index in [1.807, 2.05) is 35.2 Å². The molecule has 140 valence electrons. The van der Waals surface area contributed by atoms with Crippen LogP contribution < -0.4 is 4.90 Å². The lowest BCUT2D eigenvalue weighted by molar-refractivity contribution is 0.291. The topological polar surface area (TPSA) is 92.6 Å². The Morgan fingerprint density at radius 1 is 1.00 bits per heavy atom. The third-order valence-corrected chi connectivity index (χ3v) is 5.29. The summed E-state index contributed by atoms with van der Waals surface area (Å²) in [6.45, 7) is 2.80. The van der Waals surface area contributed by atoms with E-state index in [9.17, 15) is 13.9 Å². The summed E-state index contributed by atoms with van der Waals surface area (Å²) < 4.78 is 21.7. The first-order chi connectivity index (χ1) is 13.1. The average molecular weight is 383 g/mol. The van der Waals surface area contributed by atoms with Gasteiger partial charge in [0.15, 0.2) is 0 Å². The minimum Gasteiger partial charge on any atom is -0.771 e. The highest BCUT2D eigenvalue weighted by molar-refractivity contribution is 7.79. The Bertz CT molecular complexity index is 972. The highest BCUT2D eigenvalue weighted by atomic mass is 32.2. The van der Waals surface area contributed by atoms with Gasteiger partial charge in [0.25, 0.3) is 0 Å². The van der Waals surface area contributed by atoms with Crippen LogP contribution in [0.5, 0.6) is 5.75 Å². The molecule has 4 rings (SSSR count). The lowest BCUT2D eigenvalue weighted by Crippen LogP contribution is -2.47. The number of hydrogen-bond donors (Lipinski definition) is 1. The highest BCUT2D eigenvalue weighted by Gasteiger charge is 2.18. The number of piperazine rings is 1. The van der Waals surface area contributed by atoms with Crippen molar-refractivity contribution in [2.24, 2.45) is 0 Å². The molecule has 1 atom stereocenters. The summed E-state index contributed by atoms with van der Waals surface area (Å²) in [4.78, 5) is 13.3. The van der Waals surface area contributed by atoms with Crippen molar-refractivity contribution < 1.29 is 13.9 Å². The Morgan fingerprint density at radius 2 is 1.70 bits per heavy atom. The number of rotatable bonds is 4. The fraction of sp³-hybridized carbons (Fsp3) is 0.263. The Hall–Kier alpha value is -2.55. The van der Waals surface area contributed by atoms with E-state index in [0.29, 0.717) is 13.1 Å². The van der Waals surface area contributed by atoms with Crippen LogP contribution in [0.15, 0.2) is 48.7 Å². The van der Waals surface area contributed by atoms with Gasteiger partial charge in [-0.3, -0.25) is 14.1 Å². The van der Waals surface area contributed by atoms with Crippen LogP contribution in [-0.4, -0.2) is 60.8 Å². The maximum atomic E-state index is 10.8. The third kappa shape index (κ3) is 4.08. The van der Waals surface area contributed by atoms with Crippen molar-refractivity contribution in [3.05, 3.63) is 48.7 Å². The predicted molar refractivity (Wildman–Crippen MR) is 104 cm³/mol. The molecule has 27 heavy (non-hydrogen) atoms. The molecular weight excluding hydrogens is 364 g/mol. The number of aromatic nitrogens is 2. The van der Waals surface area contributed by atoms with E-state index in [1.165, 1.54) is 0 Å². The number of phenolic OH excluding ortho intramolecular Hbond substituents is 1. The molecule has 0 aliphatic carbocycles. The van der Waals surface area contributed by atoms with Crippen molar-refractivity contribution in [2.75, 3.05) is 37.0 Å². The first kappa shape index (κ1) is 17.8. The van der Waals surface area contributed by atoms with Crippen LogP contribution >= 0.6 is 0 Å². The second-order valence-corrected chi connectivity index (χ2v) is 7.38. The number of fused-ring (bicyclic) bond motifs is 1. The van der Waals surface area contributed by atoms with E-state index >= 15 is 0 Å². The van der Waals surface area contributed by atoms with Gasteiger partial charge in [0, 0.05) is 26.2 Å². The van der Waals surface area contributed by atoms with Gasteiger partial charge in [-0.1, -0.05) is 18.2 Å². The van der Waals surface area contributed by atoms with E-state index in [4.69, 9.17) is 4.98 Å². The second-order valence-electron chi connectivity index (χ2n) is 6.52. The number of phenols is 1. The van der Waals surface area contributed by atoms with E-state index in [2.05, 4.69) is 9.88 Å². The normalized spacial score (nSPS) is 16.6. The van der Waals surface area contributed by atoms with Gasteiger partial charge in [0.1, 0.15) is 11.6 Å². The molecule has 0 amide bonds. The molecule has 1 fully saturated rings. The van der Waals surface area contributed by atoms with Gasteiger partial charge < -0.3 is 14.6 Å². The fourth-order valence-electron chi connectivity index (χ4n) is 3.24. The third-order valence-electron chi connectivity index (χ3n) is 4.71. The summed E-state index contributed by atoms with van der Waals surface area (Å²) in [6.07, 6.45) is 1.77. The van der Waals surface area contributed by atoms with Crippen molar-refractivity contribution in [1.29, 1.82) is 0 Å². The molecule has 3 aromatic rings. The predicted octanol–water partition coefficient (Wildman–Crippen LogP) is 1.96. The number of hydrogen-bond acceptors (Lipinski definition) is 7. The van der Waals surface area contributed by atoms with Crippen LogP contribution in [0, 0.1) is 0 Å². The van der Waals surface area contributed by atoms with Gasteiger partial charge in [-0.25, -0.2) is 4.98 Å². The monoisotopic (exact) mass is 383 g/mol. The number of aromatic hydroxyl groups is 1. The largest absolute Gasteiger partial charge is 0.771 e. The summed E-state index contributed by atoms with van der Waals surface area (Å²) >= 11 is -2.05. The first-order valence-electron chi connectivity index (χ1n) is 8.68. The van der Waals surface area contributed by atoms with E-state index in [-0.39, 0.29) is 11.6 Å². The minimum atomic E-state index is -2.05. The second kappa shape index (κ2) is 7.59. The zero-order chi connectivity index (χ0) is 18.8. The molecule has 0 saturated carbocycles. The molecule has 2 aromatic carbocycles. The first-order valence-corrected chi connectivity index (χ1v) is 9.92. The zero-order valence-electron chi connectivity index (χ0n) is 14.6. The Balaban J connectivity index is 1.56. The molecular formula is C19H19N4O3S-. The summed E-state index contributed by atoms with van der Waals surface area (Å²) in [7, 11) is 0. The van der Waals surface area contributed by atoms with Gasteiger partial charge in [-0.15, -0.1) is 0 Å². The van der Waals surface area contributed by atoms with Crippen molar-refractivity contribution >= 4 is 27.9 Å². The quantitative estimate of drug-likeness (QED) is 0.689. The van der Waals surface area contributed by atoms with Crippen LogP contribution in [-0.2, 0) is 11.1 Å². The van der Waals surface area contributed by atoms with Gasteiger partial charge in [-0.2, -0.15) is 0 Å². The summed E-state index contributed by atoms with van der Waals surface area (Å²) in [5, 5.41) is 9.46. The molecule has 1 unspecified atom stereocenters. The molecule has 7 nitrogen and oxygen atoms in total. The number of benzene rings is 2. The van der Waals surface area contributed by atoms with Crippen molar-refractivity contribution in [1.82, 2.24) is 14.9 Å². The lowest BCUT2D eigenvalue weighted by Gasteiger charge is -2.35. The Kier molecular flexibility index (Phi) is 5.02. The van der Waals surface area contributed by atoms with Crippen LogP contribution in [0.4, 0.5) is 5.82 Å². The van der Waals surface area contributed by atoms with Crippen LogP contribution in [0.25, 0.3) is 22.2 Å². The van der Waals surface area contributed by atoms with E-state index in [0.717, 1.165) is 41.1 Å². The zero-order valence-corrected chi connectivity index (χ0v) is 15.4.